The van der Waals surface area contributed by atoms with Gasteiger partial charge >= 0.3 is 12.2 Å². The molecule has 1 saturated heterocycles. The summed E-state index contributed by atoms with van der Waals surface area (Å²) < 4.78 is 39.3. The zero-order valence-electron chi connectivity index (χ0n) is 15.0. The van der Waals surface area contributed by atoms with Gasteiger partial charge in [0.15, 0.2) is 0 Å². The van der Waals surface area contributed by atoms with E-state index in [2.05, 4.69) is 10.6 Å². The fourth-order valence-electron chi connectivity index (χ4n) is 2.95. The van der Waals surface area contributed by atoms with Gasteiger partial charge in [-0.25, -0.2) is 4.79 Å². The van der Waals surface area contributed by atoms with Gasteiger partial charge in [0, 0.05) is 17.4 Å². The molecule has 0 radical (unpaired) electrons. The Labute approximate surface area is 162 Å². The van der Waals surface area contributed by atoms with Crippen LogP contribution in [0.2, 0.25) is 0 Å². The first kappa shape index (κ1) is 20.1. The quantitative estimate of drug-likeness (QED) is 0.596. The van der Waals surface area contributed by atoms with Crippen molar-refractivity contribution in [2.24, 2.45) is 0 Å². The first-order valence-electron chi connectivity index (χ1n) is 8.33. The summed E-state index contributed by atoms with van der Waals surface area (Å²) in [6.45, 7) is 1.38. The third-order valence-corrected chi connectivity index (χ3v) is 4.43. The molecule has 29 heavy (non-hydrogen) atoms. The smallest absolute Gasteiger partial charge is 0.324 e. The van der Waals surface area contributed by atoms with Crippen molar-refractivity contribution >= 4 is 29.0 Å². The third kappa shape index (κ3) is 3.98. The van der Waals surface area contributed by atoms with Gasteiger partial charge in [0.2, 0.25) is 0 Å². The Morgan fingerprint density at radius 2 is 1.90 bits per heavy atom. The molecule has 1 heterocycles. The van der Waals surface area contributed by atoms with Crippen LogP contribution in [-0.4, -0.2) is 28.9 Å². The molecule has 1 atom stereocenters. The Morgan fingerprint density at radius 3 is 2.48 bits per heavy atom. The summed E-state index contributed by atoms with van der Waals surface area (Å²) in [5.41, 5.74) is -3.75. The number of nitrogens with one attached hydrogen (secondary N) is 2. The van der Waals surface area contributed by atoms with Crippen LogP contribution >= 0.6 is 0 Å². The zero-order valence-corrected chi connectivity index (χ0v) is 15.0. The number of amides is 3. The van der Waals surface area contributed by atoms with Gasteiger partial charge in [0.05, 0.1) is 11.5 Å². The van der Waals surface area contributed by atoms with Crippen molar-refractivity contribution in [3.05, 3.63) is 64.2 Å². The molecule has 0 bridgehead atoms. The molecule has 0 spiro atoms. The number of hydrogen-bond acceptors (Lipinski definition) is 4. The summed E-state index contributed by atoms with van der Waals surface area (Å²) in [5, 5.41) is 15.6. The van der Waals surface area contributed by atoms with E-state index in [0.717, 1.165) is 6.07 Å². The van der Waals surface area contributed by atoms with Crippen LogP contribution in [0.1, 0.15) is 12.5 Å². The van der Waals surface area contributed by atoms with E-state index in [0.29, 0.717) is 17.8 Å². The van der Waals surface area contributed by atoms with E-state index in [-0.39, 0.29) is 12.2 Å². The number of carbonyl (C=O) groups excluding carboxylic acids is 2. The number of carbonyl (C=O) groups is 2. The van der Waals surface area contributed by atoms with Gasteiger partial charge in [-0.1, -0.05) is 18.2 Å². The molecule has 1 fully saturated rings. The Kier molecular flexibility index (Phi) is 4.91. The largest absolute Gasteiger partial charge is 0.423 e. The average molecular weight is 408 g/mol. The Morgan fingerprint density at radius 1 is 1.24 bits per heavy atom. The third-order valence-electron chi connectivity index (χ3n) is 4.43. The van der Waals surface area contributed by atoms with Crippen LogP contribution in [0.4, 0.5) is 35.0 Å². The SMILES string of the molecule is CC1(C(=O)Nc2ccc([N+](=O)[O-])c(C(F)(F)F)c2)CN(c2ccccc2)C(=O)N1. The molecule has 3 rings (SSSR count). The van der Waals surface area contributed by atoms with Gasteiger partial charge in [-0.05, 0) is 31.2 Å². The summed E-state index contributed by atoms with van der Waals surface area (Å²) in [6.07, 6.45) is -4.97. The molecule has 0 saturated carbocycles. The van der Waals surface area contributed by atoms with Gasteiger partial charge in [-0.15, -0.1) is 0 Å². The number of para-hydroxylation sites is 1. The van der Waals surface area contributed by atoms with Crippen molar-refractivity contribution in [2.45, 2.75) is 18.6 Å². The molecule has 1 unspecified atom stereocenters. The Hall–Kier alpha value is -3.63. The number of anilines is 2. The maximum absolute atomic E-state index is 13.1. The van der Waals surface area contributed by atoms with Crippen LogP contribution in [0, 0.1) is 10.1 Å². The number of urea groups is 1. The van der Waals surface area contributed by atoms with E-state index in [1.54, 1.807) is 30.3 Å². The molecule has 2 aromatic rings. The van der Waals surface area contributed by atoms with E-state index < -0.39 is 39.8 Å². The lowest BCUT2D eigenvalue weighted by Crippen LogP contribution is -2.51. The predicted molar refractivity (Wildman–Crippen MR) is 97.5 cm³/mol. The van der Waals surface area contributed by atoms with Crippen LogP contribution in [0.3, 0.4) is 0 Å². The Bertz CT molecular complexity index is 981. The van der Waals surface area contributed by atoms with Gasteiger partial charge < -0.3 is 10.6 Å². The first-order valence-corrected chi connectivity index (χ1v) is 8.33. The van der Waals surface area contributed by atoms with Gasteiger partial charge in [-0.3, -0.25) is 19.8 Å². The summed E-state index contributed by atoms with van der Waals surface area (Å²) in [4.78, 5) is 36.0. The predicted octanol–water partition coefficient (Wildman–Crippen LogP) is 3.54. The molecule has 8 nitrogen and oxygen atoms in total. The number of nitro groups is 1. The van der Waals surface area contributed by atoms with Crippen LogP contribution < -0.4 is 15.5 Å². The normalized spacial score (nSPS) is 19.0. The second-order valence-corrected chi connectivity index (χ2v) is 6.62. The first-order chi connectivity index (χ1) is 13.5. The number of nitro benzene ring substituents is 1. The highest BCUT2D eigenvalue weighted by Crippen LogP contribution is 2.37. The van der Waals surface area contributed by atoms with Crippen molar-refractivity contribution in [3.63, 3.8) is 0 Å². The van der Waals surface area contributed by atoms with E-state index >= 15 is 0 Å². The van der Waals surface area contributed by atoms with Crippen molar-refractivity contribution in [2.75, 3.05) is 16.8 Å². The molecular weight excluding hydrogens is 393 g/mol. The van der Waals surface area contributed by atoms with Gasteiger partial charge in [0.1, 0.15) is 11.1 Å². The van der Waals surface area contributed by atoms with Gasteiger partial charge in [-0.2, -0.15) is 13.2 Å². The number of benzene rings is 2. The standard InChI is InChI=1S/C18H15F3N4O4/c1-17(10-24(16(27)23-17)12-5-3-2-4-6-12)15(26)22-11-7-8-14(25(28)29)13(9-11)18(19,20)21/h2-9H,10H2,1H3,(H,22,26)(H,23,27). The molecule has 3 amide bonds. The van der Waals surface area contributed by atoms with Crippen molar-refractivity contribution in [1.82, 2.24) is 5.32 Å². The molecule has 152 valence electrons. The lowest BCUT2D eigenvalue weighted by atomic mass is 10.0. The van der Waals surface area contributed by atoms with E-state index in [4.69, 9.17) is 0 Å². The van der Waals surface area contributed by atoms with Crippen molar-refractivity contribution < 1.29 is 27.7 Å². The average Bonchev–Trinajstić information content (AvgIpc) is 2.97. The lowest BCUT2D eigenvalue weighted by molar-refractivity contribution is -0.388. The second-order valence-electron chi connectivity index (χ2n) is 6.62. The zero-order chi connectivity index (χ0) is 21.4. The number of rotatable bonds is 4. The van der Waals surface area contributed by atoms with Gasteiger partial charge in [0.25, 0.3) is 11.6 Å². The molecule has 2 aromatic carbocycles. The van der Waals surface area contributed by atoms with E-state index in [1.165, 1.54) is 11.8 Å². The molecule has 2 N–H and O–H groups in total. The molecule has 11 heteroatoms. The second kappa shape index (κ2) is 7.08. The molecule has 0 aromatic heterocycles. The number of halogens is 3. The number of nitrogens with zero attached hydrogens (tertiary/aromatic N) is 2. The number of alkyl halides is 3. The lowest BCUT2D eigenvalue weighted by Gasteiger charge is -2.23. The minimum atomic E-state index is -4.97. The highest BCUT2D eigenvalue weighted by atomic mass is 19.4. The van der Waals surface area contributed by atoms with Crippen LogP contribution in [0.25, 0.3) is 0 Å². The fraction of sp³-hybridized carbons (Fsp3) is 0.222. The fourth-order valence-corrected chi connectivity index (χ4v) is 2.95. The monoisotopic (exact) mass is 408 g/mol. The minimum Gasteiger partial charge on any atom is -0.324 e. The molecule has 0 aliphatic carbocycles. The summed E-state index contributed by atoms with van der Waals surface area (Å²) in [6, 6.07) is 10.2. The van der Waals surface area contributed by atoms with Crippen molar-refractivity contribution in [3.8, 4) is 0 Å². The summed E-state index contributed by atoms with van der Waals surface area (Å²) in [5.74, 6) is -0.758. The number of hydrogen-bond donors (Lipinski definition) is 2. The van der Waals surface area contributed by atoms with Crippen LogP contribution in [0.15, 0.2) is 48.5 Å². The van der Waals surface area contributed by atoms with E-state index in [1.807, 2.05) is 0 Å². The van der Waals surface area contributed by atoms with Crippen LogP contribution in [-0.2, 0) is 11.0 Å². The van der Waals surface area contributed by atoms with E-state index in [9.17, 15) is 32.9 Å². The Balaban J connectivity index is 1.83. The highest BCUT2D eigenvalue weighted by Gasteiger charge is 2.45. The highest BCUT2D eigenvalue weighted by molar-refractivity contribution is 6.07. The summed E-state index contributed by atoms with van der Waals surface area (Å²) >= 11 is 0. The topological polar surface area (TPSA) is 105 Å². The maximum Gasteiger partial charge on any atom is 0.423 e. The maximum atomic E-state index is 13.1. The van der Waals surface area contributed by atoms with Crippen LogP contribution in [0.5, 0.6) is 0 Å². The van der Waals surface area contributed by atoms with Crippen molar-refractivity contribution in [1.29, 1.82) is 0 Å². The minimum absolute atomic E-state index is 0.0548. The molecular formula is C18H15F3N4O4. The summed E-state index contributed by atoms with van der Waals surface area (Å²) in [7, 11) is 0. The molecule has 1 aliphatic heterocycles. The molecule has 1 aliphatic rings.